The Morgan fingerprint density at radius 2 is 1.77 bits per heavy atom. The van der Waals surface area contributed by atoms with Crippen molar-refractivity contribution in [2.24, 2.45) is 5.41 Å². The van der Waals surface area contributed by atoms with E-state index in [0.717, 1.165) is 47.1 Å². The highest BCUT2D eigenvalue weighted by molar-refractivity contribution is 5.98. The van der Waals surface area contributed by atoms with E-state index in [1.54, 1.807) is 18.2 Å². The Hall–Kier alpha value is -3.32. The summed E-state index contributed by atoms with van der Waals surface area (Å²) in [6.07, 6.45) is 3.99. The van der Waals surface area contributed by atoms with Crippen molar-refractivity contribution in [3.05, 3.63) is 63.2 Å². The summed E-state index contributed by atoms with van der Waals surface area (Å²) in [4.78, 5) is 28.3. The first-order chi connectivity index (χ1) is 18.3. The third-order valence-electron chi connectivity index (χ3n) is 8.18. The zero-order chi connectivity index (χ0) is 28.3. The number of hydrogen-bond donors (Lipinski definition) is 1. The van der Waals surface area contributed by atoms with E-state index in [-0.39, 0.29) is 18.1 Å². The molecule has 2 aromatic carbocycles. The molecule has 0 bridgehead atoms. The second-order valence-corrected chi connectivity index (χ2v) is 12.7. The lowest BCUT2D eigenvalue weighted by atomic mass is 9.74. The quantitative estimate of drug-likeness (QED) is 0.459. The smallest absolute Gasteiger partial charge is 0.337 e. The highest BCUT2D eigenvalue weighted by Gasteiger charge is 2.38. The Balaban J connectivity index is 1.62. The molecule has 7 heteroatoms. The van der Waals surface area contributed by atoms with Crippen LogP contribution in [0.1, 0.15) is 104 Å². The number of rotatable bonds is 5. The van der Waals surface area contributed by atoms with Crippen molar-refractivity contribution >= 4 is 17.4 Å². The van der Waals surface area contributed by atoms with Gasteiger partial charge in [-0.25, -0.2) is 4.79 Å². The van der Waals surface area contributed by atoms with Crippen LogP contribution >= 0.6 is 0 Å². The number of allylic oxidation sites excluding steroid dienone is 2. The number of nitrogens with zero attached hydrogens (tertiary/aromatic N) is 1. The van der Waals surface area contributed by atoms with Crippen LogP contribution in [0, 0.1) is 19.3 Å². The van der Waals surface area contributed by atoms with Crippen molar-refractivity contribution in [3.63, 3.8) is 0 Å². The molecule has 0 aromatic heterocycles. The van der Waals surface area contributed by atoms with Crippen molar-refractivity contribution in [1.82, 2.24) is 4.90 Å². The normalized spacial score (nSPS) is 18.5. The zero-order valence-electron chi connectivity index (χ0n) is 24.1. The number of benzene rings is 2. The molecule has 0 saturated carbocycles. The predicted molar refractivity (Wildman–Crippen MR) is 149 cm³/mol. The number of carboxylic acids is 1. The molecule has 1 amide bonds. The topological polar surface area (TPSA) is 85.3 Å². The standard InChI is InChI=1S/C32H39NO6/c1-18-22-15-33(29(34)21-9-8-10-24-27(21)38-17-37-24)16-23(22)19(2)26(28(30(35)36)39-31(3,4)5)25(18)20-11-13-32(6,7)14-12-20/h8-11,28H,12-17H2,1-7H3,(H,35,36). The van der Waals surface area contributed by atoms with Crippen LogP contribution in [0.5, 0.6) is 11.5 Å². The van der Waals surface area contributed by atoms with Crippen molar-refractivity contribution in [2.75, 3.05) is 6.79 Å². The van der Waals surface area contributed by atoms with Gasteiger partial charge in [-0.05, 0) is 105 Å². The molecule has 1 atom stereocenters. The maximum absolute atomic E-state index is 13.7. The fraction of sp³-hybridized carbons (Fsp3) is 0.500. The second-order valence-electron chi connectivity index (χ2n) is 12.7. The lowest BCUT2D eigenvalue weighted by Crippen LogP contribution is -2.29. The summed E-state index contributed by atoms with van der Waals surface area (Å²) in [7, 11) is 0. The molecule has 0 fully saturated rings. The molecule has 1 aliphatic carbocycles. The lowest BCUT2D eigenvalue weighted by Gasteiger charge is -2.33. The summed E-state index contributed by atoms with van der Waals surface area (Å²) in [5.41, 5.74) is 6.92. The Bertz CT molecular complexity index is 1380. The highest BCUT2D eigenvalue weighted by atomic mass is 16.7. The van der Waals surface area contributed by atoms with Gasteiger partial charge in [0, 0.05) is 18.7 Å². The lowest BCUT2D eigenvalue weighted by molar-refractivity contribution is -0.160. The third kappa shape index (κ3) is 5.05. The molecule has 1 unspecified atom stereocenters. The van der Waals surface area contributed by atoms with Gasteiger partial charge in [0.1, 0.15) is 0 Å². The number of ether oxygens (including phenoxy) is 3. The Morgan fingerprint density at radius 3 is 2.38 bits per heavy atom. The maximum atomic E-state index is 13.7. The predicted octanol–water partition coefficient (Wildman–Crippen LogP) is 6.72. The number of amides is 1. The van der Waals surface area contributed by atoms with Crippen LogP contribution in [0.2, 0.25) is 0 Å². The summed E-state index contributed by atoms with van der Waals surface area (Å²) in [5.74, 6) is -0.0823. The van der Waals surface area contributed by atoms with Crippen molar-refractivity contribution in [1.29, 1.82) is 0 Å². The number of aliphatic carboxylic acids is 1. The highest BCUT2D eigenvalue weighted by Crippen LogP contribution is 2.46. The SMILES string of the molecule is Cc1c2c(c(C)c(C(OC(C)(C)C)C(=O)O)c1C1=CCC(C)(C)CC1)CN(C(=O)c1cccc3c1OCO3)C2. The van der Waals surface area contributed by atoms with Crippen LogP contribution in [0.15, 0.2) is 24.3 Å². The van der Waals surface area contributed by atoms with Gasteiger partial charge in [0.25, 0.3) is 5.91 Å². The average Bonchev–Trinajstić information content (AvgIpc) is 3.52. The van der Waals surface area contributed by atoms with Gasteiger partial charge in [0.2, 0.25) is 6.79 Å². The van der Waals surface area contributed by atoms with Crippen LogP contribution in [0.3, 0.4) is 0 Å². The van der Waals surface area contributed by atoms with Crippen LogP contribution in [0.25, 0.3) is 5.57 Å². The first kappa shape index (κ1) is 27.3. The Morgan fingerprint density at radius 1 is 1.08 bits per heavy atom. The van der Waals surface area contributed by atoms with E-state index in [0.29, 0.717) is 35.7 Å². The number of para-hydroxylation sites is 1. The van der Waals surface area contributed by atoms with Gasteiger partial charge in [-0.15, -0.1) is 0 Å². The van der Waals surface area contributed by atoms with Gasteiger partial charge in [0.05, 0.1) is 11.2 Å². The average molecular weight is 534 g/mol. The minimum Gasteiger partial charge on any atom is -0.479 e. The van der Waals surface area contributed by atoms with Gasteiger partial charge >= 0.3 is 5.97 Å². The van der Waals surface area contributed by atoms with Crippen LogP contribution < -0.4 is 9.47 Å². The molecule has 208 valence electrons. The van der Waals surface area contributed by atoms with Gasteiger partial charge in [0.15, 0.2) is 17.6 Å². The summed E-state index contributed by atoms with van der Waals surface area (Å²) in [5, 5.41) is 10.4. The molecule has 3 aliphatic rings. The number of carbonyl (C=O) groups is 2. The summed E-state index contributed by atoms with van der Waals surface area (Å²) in [6.45, 7) is 15.2. The molecule has 7 nitrogen and oxygen atoms in total. The number of hydrogen-bond acceptors (Lipinski definition) is 5. The molecule has 0 radical (unpaired) electrons. The molecule has 39 heavy (non-hydrogen) atoms. The van der Waals surface area contributed by atoms with Crippen LogP contribution in [-0.4, -0.2) is 34.3 Å². The molecular formula is C32H39NO6. The minimum atomic E-state index is -1.12. The molecular weight excluding hydrogens is 494 g/mol. The van der Waals surface area contributed by atoms with Crippen LogP contribution in [-0.2, 0) is 22.6 Å². The minimum absolute atomic E-state index is 0.0983. The van der Waals surface area contributed by atoms with Crippen LogP contribution in [0.4, 0.5) is 0 Å². The fourth-order valence-electron chi connectivity index (χ4n) is 6.07. The van der Waals surface area contributed by atoms with E-state index < -0.39 is 17.7 Å². The Labute approximate surface area is 230 Å². The first-order valence-corrected chi connectivity index (χ1v) is 13.7. The van der Waals surface area contributed by atoms with Gasteiger partial charge < -0.3 is 24.2 Å². The maximum Gasteiger partial charge on any atom is 0.337 e. The Kier molecular flexibility index (Phi) is 6.78. The summed E-state index contributed by atoms with van der Waals surface area (Å²) in [6, 6.07) is 5.36. The molecule has 5 rings (SSSR count). The van der Waals surface area contributed by atoms with Crippen molar-refractivity contribution in [2.45, 2.75) is 92.5 Å². The van der Waals surface area contributed by atoms with E-state index in [9.17, 15) is 14.7 Å². The van der Waals surface area contributed by atoms with E-state index in [2.05, 4.69) is 26.8 Å². The molecule has 2 aromatic rings. The fourth-order valence-corrected chi connectivity index (χ4v) is 6.07. The van der Waals surface area contributed by atoms with Gasteiger partial charge in [-0.2, -0.15) is 0 Å². The number of carbonyl (C=O) groups excluding carboxylic acids is 1. The first-order valence-electron chi connectivity index (χ1n) is 13.7. The molecule has 0 spiro atoms. The molecule has 0 saturated heterocycles. The van der Waals surface area contributed by atoms with Crippen molar-refractivity contribution < 1.29 is 28.9 Å². The molecule has 1 N–H and O–H groups in total. The molecule has 2 aliphatic heterocycles. The van der Waals surface area contributed by atoms with Crippen molar-refractivity contribution in [3.8, 4) is 11.5 Å². The second kappa shape index (κ2) is 9.70. The van der Waals surface area contributed by atoms with E-state index >= 15 is 0 Å². The van der Waals surface area contributed by atoms with E-state index in [1.807, 2.05) is 32.6 Å². The monoisotopic (exact) mass is 533 g/mol. The van der Waals surface area contributed by atoms with E-state index in [1.165, 1.54) is 5.57 Å². The number of fused-ring (bicyclic) bond motifs is 2. The van der Waals surface area contributed by atoms with Gasteiger partial charge in [-0.1, -0.05) is 26.0 Å². The molecule has 2 heterocycles. The summed E-state index contributed by atoms with van der Waals surface area (Å²) >= 11 is 0. The summed E-state index contributed by atoms with van der Waals surface area (Å²) < 4.78 is 17.3. The van der Waals surface area contributed by atoms with Gasteiger partial charge in [-0.3, -0.25) is 4.79 Å². The number of carboxylic acid groups (broad SMARTS) is 1. The third-order valence-corrected chi connectivity index (χ3v) is 8.18. The largest absolute Gasteiger partial charge is 0.479 e. The zero-order valence-corrected chi connectivity index (χ0v) is 24.1. The van der Waals surface area contributed by atoms with E-state index in [4.69, 9.17) is 14.2 Å².